The number of ketones is 1. The van der Waals surface area contributed by atoms with Crippen molar-refractivity contribution in [1.29, 1.82) is 0 Å². The lowest BCUT2D eigenvalue weighted by Crippen LogP contribution is -2.50. The predicted octanol–water partition coefficient (Wildman–Crippen LogP) is 0.590. The Morgan fingerprint density at radius 2 is 2.17 bits per heavy atom. The van der Waals surface area contributed by atoms with Crippen molar-refractivity contribution in [2.75, 3.05) is 19.8 Å². The molecule has 1 aliphatic heterocycles. The van der Waals surface area contributed by atoms with Crippen LogP contribution in [0.5, 0.6) is 0 Å². The van der Waals surface area contributed by atoms with Gasteiger partial charge in [0.1, 0.15) is 0 Å². The van der Waals surface area contributed by atoms with Gasteiger partial charge in [0.2, 0.25) is 0 Å². The summed E-state index contributed by atoms with van der Waals surface area (Å²) in [7, 11) is 0. The van der Waals surface area contributed by atoms with E-state index in [1.54, 1.807) is 0 Å². The SMILES string of the molecule is CC(C)(C)C(=O)[C@@H]1COCCN1. The second-order valence-electron chi connectivity index (χ2n) is 4.20. The van der Waals surface area contributed by atoms with Crippen molar-refractivity contribution < 1.29 is 9.53 Å². The number of carbonyl (C=O) groups is 1. The third-order valence-electron chi connectivity index (χ3n) is 1.98. The van der Waals surface area contributed by atoms with Crippen molar-refractivity contribution in [2.24, 2.45) is 5.41 Å². The lowest BCUT2D eigenvalue weighted by Gasteiger charge is -2.28. The van der Waals surface area contributed by atoms with Crippen LogP contribution in [0, 0.1) is 5.41 Å². The van der Waals surface area contributed by atoms with Crippen LogP contribution in [0.2, 0.25) is 0 Å². The molecule has 0 aliphatic carbocycles. The molecule has 0 aromatic heterocycles. The Morgan fingerprint density at radius 1 is 1.50 bits per heavy atom. The summed E-state index contributed by atoms with van der Waals surface area (Å²) in [5.74, 6) is 0.238. The minimum absolute atomic E-state index is 0.0984. The summed E-state index contributed by atoms with van der Waals surface area (Å²) in [4.78, 5) is 11.7. The number of carbonyl (C=O) groups excluding carboxylic acids is 1. The van der Waals surface area contributed by atoms with E-state index in [0.29, 0.717) is 13.2 Å². The molecule has 1 aliphatic rings. The van der Waals surface area contributed by atoms with E-state index in [0.717, 1.165) is 6.54 Å². The smallest absolute Gasteiger partial charge is 0.157 e. The van der Waals surface area contributed by atoms with Gasteiger partial charge in [-0.1, -0.05) is 20.8 Å². The molecular formula is C9H17NO2. The fourth-order valence-corrected chi connectivity index (χ4v) is 1.26. The van der Waals surface area contributed by atoms with Gasteiger partial charge in [-0.25, -0.2) is 0 Å². The van der Waals surface area contributed by atoms with Gasteiger partial charge in [0.15, 0.2) is 5.78 Å². The molecule has 70 valence electrons. The molecule has 0 bridgehead atoms. The molecule has 0 unspecified atom stereocenters. The Morgan fingerprint density at radius 3 is 2.58 bits per heavy atom. The summed E-state index contributed by atoms with van der Waals surface area (Å²) in [6.07, 6.45) is 0. The van der Waals surface area contributed by atoms with Crippen LogP contribution < -0.4 is 5.32 Å². The summed E-state index contributed by atoms with van der Waals surface area (Å²) in [6, 6.07) is -0.0984. The minimum Gasteiger partial charge on any atom is -0.378 e. The lowest BCUT2D eigenvalue weighted by molar-refractivity contribution is -0.131. The molecule has 3 heteroatoms. The van der Waals surface area contributed by atoms with Crippen molar-refractivity contribution in [3.05, 3.63) is 0 Å². The molecule has 0 amide bonds. The Hall–Kier alpha value is -0.410. The van der Waals surface area contributed by atoms with E-state index < -0.39 is 0 Å². The van der Waals surface area contributed by atoms with E-state index in [4.69, 9.17) is 4.74 Å². The quantitative estimate of drug-likeness (QED) is 0.627. The zero-order chi connectivity index (χ0) is 9.19. The number of hydrogen-bond donors (Lipinski definition) is 1. The van der Waals surface area contributed by atoms with Crippen LogP contribution in [-0.2, 0) is 9.53 Å². The normalized spacial score (nSPS) is 25.4. The zero-order valence-corrected chi connectivity index (χ0v) is 8.02. The molecule has 1 rings (SSSR count). The molecule has 0 spiro atoms. The van der Waals surface area contributed by atoms with Gasteiger partial charge >= 0.3 is 0 Å². The summed E-state index contributed by atoms with van der Waals surface area (Å²) in [6.45, 7) is 7.83. The molecule has 1 atom stereocenters. The van der Waals surface area contributed by atoms with Gasteiger partial charge < -0.3 is 10.1 Å². The molecule has 0 saturated carbocycles. The maximum absolute atomic E-state index is 11.7. The highest BCUT2D eigenvalue weighted by Crippen LogP contribution is 2.17. The van der Waals surface area contributed by atoms with Gasteiger partial charge in [-0.3, -0.25) is 4.79 Å². The number of morpholine rings is 1. The summed E-state index contributed by atoms with van der Waals surface area (Å²) < 4.78 is 5.22. The molecule has 1 saturated heterocycles. The number of ether oxygens (including phenoxy) is 1. The van der Waals surface area contributed by atoms with Crippen LogP contribution in [0.1, 0.15) is 20.8 Å². The minimum atomic E-state index is -0.266. The first kappa shape index (κ1) is 9.68. The van der Waals surface area contributed by atoms with Crippen molar-refractivity contribution in [1.82, 2.24) is 5.32 Å². The molecule has 0 aromatic rings. The molecule has 12 heavy (non-hydrogen) atoms. The van der Waals surface area contributed by atoms with Gasteiger partial charge in [-0.05, 0) is 0 Å². The summed E-state index contributed by atoms with van der Waals surface area (Å²) in [5, 5.41) is 3.15. The van der Waals surface area contributed by atoms with Crippen LogP contribution in [0.4, 0.5) is 0 Å². The zero-order valence-electron chi connectivity index (χ0n) is 8.02. The van der Waals surface area contributed by atoms with E-state index in [9.17, 15) is 4.79 Å². The average molecular weight is 171 g/mol. The molecule has 0 radical (unpaired) electrons. The van der Waals surface area contributed by atoms with Gasteiger partial charge in [0, 0.05) is 12.0 Å². The highest BCUT2D eigenvalue weighted by Gasteiger charge is 2.30. The van der Waals surface area contributed by atoms with E-state index in [-0.39, 0.29) is 17.2 Å². The van der Waals surface area contributed by atoms with E-state index in [2.05, 4.69) is 5.32 Å². The lowest BCUT2D eigenvalue weighted by atomic mass is 9.86. The maximum atomic E-state index is 11.7. The fraction of sp³-hybridized carbons (Fsp3) is 0.889. The van der Waals surface area contributed by atoms with Crippen LogP contribution in [0.15, 0.2) is 0 Å². The van der Waals surface area contributed by atoms with Crippen LogP contribution >= 0.6 is 0 Å². The average Bonchev–Trinajstić information content (AvgIpc) is 2.03. The first-order valence-corrected chi connectivity index (χ1v) is 4.37. The van der Waals surface area contributed by atoms with Gasteiger partial charge in [-0.2, -0.15) is 0 Å². The highest BCUT2D eigenvalue weighted by atomic mass is 16.5. The molecular weight excluding hydrogens is 154 g/mol. The van der Waals surface area contributed by atoms with Gasteiger partial charge in [-0.15, -0.1) is 0 Å². The molecule has 1 N–H and O–H groups in total. The first-order chi connectivity index (χ1) is 5.52. The Bertz CT molecular complexity index is 166. The maximum Gasteiger partial charge on any atom is 0.157 e. The molecule has 1 fully saturated rings. The summed E-state index contributed by atoms with van der Waals surface area (Å²) in [5.41, 5.74) is -0.266. The predicted molar refractivity (Wildman–Crippen MR) is 47.1 cm³/mol. The van der Waals surface area contributed by atoms with Gasteiger partial charge in [0.05, 0.1) is 19.3 Å². The molecule has 3 nitrogen and oxygen atoms in total. The van der Waals surface area contributed by atoms with Gasteiger partial charge in [0.25, 0.3) is 0 Å². The number of rotatable bonds is 1. The first-order valence-electron chi connectivity index (χ1n) is 4.37. The standard InChI is InChI=1S/C9H17NO2/c1-9(2,3)8(11)7-6-12-5-4-10-7/h7,10H,4-6H2,1-3H3/t7-/m0/s1. The van der Waals surface area contributed by atoms with Crippen molar-refractivity contribution in [2.45, 2.75) is 26.8 Å². The van der Waals surface area contributed by atoms with E-state index in [1.165, 1.54) is 0 Å². The van der Waals surface area contributed by atoms with Crippen molar-refractivity contribution >= 4 is 5.78 Å². The van der Waals surface area contributed by atoms with E-state index >= 15 is 0 Å². The third-order valence-corrected chi connectivity index (χ3v) is 1.98. The second kappa shape index (κ2) is 3.54. The number of Topliss-reactive ketones (excluding diaryl/α,β-unsaturated/α-hetero) is 1. The number of nitrogens with one attached hydrogen (secondary N) is 1. The Labute approximate surface area is 73.5 Å². The van der Waals surface area contributed by atoms with Crippen LogP contribution in [-0.4, -0.2) is 31.6 Å². The van der Waals surface area contributed by atoms with Crippen LogP contribution in [0.3, 0.4) is 0 Å². The largest absolute Gasteiger partial charge is 0.378 e. The van der Waals surface area contributed by atoms with Crippen molar-refractivity contribution in [3.63, 3.8) is 0 Å². The topological polar surface area (TPSA) is 38.3 Å². The third kappa shape index (κ3) is 2.29. The summed E-state index contributed by atoms with van der Waals surface area (Å²) >= 11 is 0. The van der Waals surface area contributed by atoms with Crippen molar-refractivity contribution in [3.8, 4) is 0 Å². The monoisotopic (exact) mass is 171 g/mol. The molecule has 1 heterocycles. The highest BCUT2D eigenvalue weighted by molar-refractivity contribution is 5.88. The Balaban J connectivity index is 2.51. The van der Waals surface area contributed by atoms with Crippen LogP contribution in [0.25, 0.3) is 0 Å². The fourth-order valence-electron chi connectivity index (χ4n) is 1.26. The Kier molecular flexibility index (Phi) is 2.85. The van der Waals surface area contributed by atoms with E-state index in [1.807, 2.05) is 20.8 Å². The molecule has 0 aromatic carbocycles. The number of hydrogen-bond acceptors (Lipinski definition) is 3. The second-order valence-corrected chi connectivity index (χ2v) is 4.20.